The minimum atomic E-state index is 0.748. The third-order valence-electron chi connectivity index (χ3n) is 1.17. The van der Waals surface area contributed by atoms with Crippen LogP contribution in [0.15, 0.2) is 12.4 Å². The molecule has 1 heterocycles. The van der Waals surface area contributed by atoms with Gasteiger partial charge in [-0.3, -0.25) is 0 Å². The highest BCUT2D eigenvalue weighted by Gasteiger charge is 1.95. The maximum atomic E-state index is 6.95. The van der Waals surface area contributed by atoms with Crippen molar-refractivity contribution in [2.45, 2.75) is 6.92 Å². The third-order valence-corrected chi connectivity index (χ3v) is 1.17. The lowest BCUT2D eigenvalue weighted by molar-refractivity contribution is 1.30. The van der Waals surface area contributed by atoms with Gasteiger partial charge in [-0.05, 0) is 13.0 Å². The van der Waals surface area contributed by atoms with Gasteiger partial charge in [-0.15, -0.1) is 0 Å². The number of imidazole rings is 1. The Morgan fingerprint density at radius 3 is 3.10 bits per heavy atom. The standard InChI is InChI=1S/C7H9N3/c1-2-3-6-7(4-8)10-5-9-6/h2-5,8H,1H3,(H,9,10)/b3-2-,8-4?. The molecule has 10 heavy (non-hydrogen) atoms. The molecule has 0 amide bonds. The summed E-state index contributed by atoms with van der Waals surface area (Å²) in [6.07, 6.45) is 6.58. The number of nitrogens with one attached hydrogen (secondary N) is 2. The molecule has 52 valence electrons. The van der Waals surface area contributed by atoms with Crippen LogP contribution in [0.25, 0.3) is 6.08 Å². The normalized spacial score (nSPS) is 10.5. The van der Waals surface area contributed by atoms with E-state index in [1.54, 1.807) is 6.33 Å². The molecule has 0 bridgehead atoms. The summed E-state index contributed by atoms with van der Waals surface area (Å²) in [6.45, 7) is 1.92. The molecule has 0 unspecified atom stereocenters. The van der Waals surface area contributed by atoms with Crippen LogP contribution in [0.3, 0.4) is 0 Å². The van der Waals surface area contributed by atoms with E-state index in [0.717, 1.165) is 11.4 Å². The summed E-state index contributed by atoms with van der Waals surface area (Å²) in [7, 11) is 0. The van der Waals surface area contributed by atoms with Gasteiger partial charge in [0.1, 0.15) is 0 Å². The van der Waals surface area contributed by atoms with E-state index in [2.05, 4.69) is 9.97 Å². The Labute approximate surface area is 59.3 Å². The Morgan fingerprint density at radius 2 is 2.50 bits per heavy atom. The Bertz CT molecular complexity index is 247. The summed E-state index contributed by atoms with van der Waals surface area (Å²) < 4.78 is 0. The molecule has 0 spiro atoms. The Morgan fingerprint density at radius 1 is 1.70 bits per heavy atom. The van der Waals surface area contributed by atoms with Gasteiger partial charge in [0, 0.05) is 6.21 Å². The van der Waals surface area contributed by atoms with E-state index in [1.807, 2.05) is 19.1 Å². The van der Waals surface area contributed by atoms with Crippen molar-refractivity contribution in [2.75, 3.05) is 0 Å². The zero-order valence-electron chi connectivity index (χ0n) is 5.76. The molecular formula is C7H9N3. The molecule has 1 aromatic heterocycles. The number of hydrogen-bond donors (Lipinski definition) is 2. The number of hydrogen-bond acceptors (Lipinski definition) is 2. The minimum absolute atomic E-state index is 0.748. The van der Waals surface area contributed by atoms with E-state index in [9.17, 15) is 0 Å². The first kappa shape index (κ1) is 6.74. The monoisotopic (exact) mass is 135 g/mol. The van der Waals surface area contributed by atoms with Crippen LogP contribution in [0.5, 0.6) is 0 Å². The van der Waals surface area contributed by atoms with Crippen molar-refractivity contribution in [1.29, 1.82) is 5.41 Å². The fraction of sp³-hybridized carbons (Fsp3) is 0.143. The fourth-order valence-electron chi connectivity index (χ4n) is 0.721. The fourth-order valence-corrected chi connectivity index (χ4v) is 0.721. The molecule has 0 saturated carbocycles. The van der Waals surface area contributed by atoms with Crippen molar-refractivity contribution in [3.05, 3.63) is 23.8 Å². The van der Waals surface area contributed by atoms with Crippen LogP contribution >= 0.6 is 0 Å². The van der Waals surface area contributed by atoms with Crippen LogP contribution in [-0.4, -0.2) is 16.2 Å². The van der Waals surface area contributed by atoms with Crippen molar-refractivity contribution in [3.8, 4) is 0 Å². The number of H-pyrrole nitrogens is 1. The van der Waals surface area contributed by atoms with Gasteiger partial charge in [-0.1, -0.05) is 6.08 Å². The summed E-state index contributed by atoms with van der Waals surface area (Å²) in [6, 6.07) is 0. The average Bonchev–Trinajstić information content (AvgIpc) is 2.36. The van der Waals surface area contributed by atoms with E-state index in [1.165, 1.54) is 6.21 Å². The van der Waals surface area contributed by atoms with Crippen LogP contribution in [0.1, 0.15) is 18.3 Å². The lowest BCUT2D eigenvalue weighted by Gasteiger charge is -1.84. The Balaban J connectivity index is 3.00. The first-order valence-corrected chi connectivity index (χ1v) is 3.05. The molecule has 0 aliphatic heterocycles. The van der Waals surface area contributed by atoms with Crippen LogP contribution in [0.4, 0.5) is 0 Å². The molecule has 0 aliphatic rings. The molecule has 0 aromatic carbocycles. The second kappa shape index (κ2) is 2.96. The summed E-state index contributed by atoms with van der Waals surface area (Å²) in [4.78, 5) is 6.82. The summed E-state index contributed by atoms with van der Waals surface area (Å²) in [5.74, 6) is 0. The van der Waals surface area contributed by atoms with Gasteiger partial charge in [0.2, 0.25) is 0 Å². The van der Waals surface area contributed by atoms with Gasteiger partial charge < -0.3 is 10.4 Å². The molecule has 0 saturated heterocycles. The van der Waals surface area contributed by atoms with Crippen LogP contribution < -0.4 is 0 Å². The average molecular weight is 135 g/mol. The first-order chi connectivity index (χ1) is 4.88. The molecule has 1 aromatic rings. The van der Waals surface area contributed by atoms with Gasteiger partial charge in [-0.2, -0.15) is 0 Å². The van der Waals surface area contributed by atoms with Crippen molar-refractivity contribution < 1.29 is 0 Å². The maximum absolute atomic E-state index is 6.95. The van der Waals surface area contributed by atoms with Gasteiger partial charge >= 0.3 is 0 Å². The lowest BCUT2D eigenvalue weighted by Crippen LogP contribution is -1.81. The molecule has 0 atom stereocenters. The third kappa shape index (κ3) is 1.13. The van der Waals surface area contributed by atoms with E-state index >= 15 is 0 Å². The van der Waals surface area contributed by atoms with E-state index < -0.39 is 0 Å². The molecular weight excluding hydrogens is 126 g/mol. The van der Waals surface area contributed by atoms with Crippen molar-refractivity contribution in [3.63, 3.8) is 0 Å². The highest BCUT2D eigenvalue weighted by Crippen LogP contribution is 2.00. The predicted octanol–water partition coefficient (Wildman–Crippen LogP) is 1.44. The minimum Gasteiger partial charge on any atom is -0.343 e. The summed E-state index contributed by atoms with van der Waals surface area (Å²) >= 11 is 0. The largest absolute Gasteiger partial charge is 0.343 e. The van der Waals surface area contributed by atoms with Crippen molar-refractivity contribution in [2.24, 2.45) is 0 Å². The molecule has 0 fully saturated rings. The second-order valence-corrected chi connectivity index (χ2v) is 1.85. The first-order valence-electron chi connectivity index (χ1n) is 3.05. The van der Waals surface area contributed by atoms with E-state index in [4.69, 9.17) is 5.41 Å². The predicted molar refractivity (Wildman–Crippen MR) is 41.2 cm³/mol. The zero-order chi connectivity index (χ0) is 7.40. The zero-order valence-corrected chi connectivity index (χ0v) is 5.76. The molecule has 0 aliphatic carbocycles. The number of allylic oxidation sites excluding steroid dienone is 1. The van der Waals surface area contributed by atoms with Crippen LogP contribution in [-0.2, 0) is 0 Å². The second-order valence-electron chi connectivity index (χ2n) is 1.85. The number of aromatic amines is 1. The number of rotatable bonds is 2. The molecule has 3 heteroatoms. The maximum Gasteiger partial charge on any atom is 0.0932 e. The summed E-state index contributed by atoms with van der Waals surface area (Å²) in [5, 5.41) is 6.95. The van der Waals surface area contributed by atoms with Gasteiger partial charge in [0.25, 0.3) is 0 Å². The molecule has 1 rings (SSSR count). The molecule has 0 radical (unpaired) electrons. The summed E-state index contributed by atoms with van der Waals surface area (Å²) in [5.41, 5.74) is 1.57. The highest BCUT2D eigenvalue weighted by molar-refractivity contribution is 5.79. The Hall–Kier alpha value is -1.38. The number of nitrogens with zero attached hydrogens (tertiary/aromatic N) is 1. The van der Waals surface area contributed by atoms with Crippen LogP contribution in [0, 0.1) is 5.41 Å². The quantitative estimate of drug-likeness (QED) is 0.592. The lowest BCUT2D eigenvalue weighted by atomic mass is 10.3. The Kier molecular flexibility index (Phi) is 1.99. The van der Waals surface area contributed by atoms with Crippen LogP contribution in [0.2, 0.25) is 0 Å². The topological polar surface area (TPSA) is 52.5 Å². The van der Waals surface area contributed by atoms with Crippen molar-refractivity contribution in [1.82, 2.24) is 9.97 Å². The number of aromatic nitrogens is 2. The molecule has 3 nitrogen and oxygen atoms in total. The van der Waals surface area contributed by atoms with Crippen molar-refractivity contribution >= 4 is 12.3 Å². The highest BCUT2D eigenvalue weighted by atomic mass is 14.9. The van der Waals surface area contributed by atoms with Gasteiger partial charge in [0.05, 0.1) is 17.7 Å². The van der Waals surface area contributed by atoms with Gasteiger partial charge in [0.15, 0.2) is 0 Å². The molecule has 2 N–H and O–H groups in total. The van der Waals surface area contributed by atoms with E-state index in [0.29, 0.717) is 0 Å². The van der Waals surface area contributed by atoms with Gasteiger partial charge in [-0.25, -0.2) is 4.98 Å². The van der Waals surface area contributed by atoms with E-state index in [-0.39, 0.29) is 0 Å². The SMILES string of the molecule is C/C=C\c1nc[nH]c1C=N. The smallest absolute Gasteiger partial charge is 0.0932 e.